The number of anilines is 1. The average molecular weight is 323 g/mol. The van der Waals surface area contributed by atoms with Gasteiger partial charge in [0.2, 0.25) is 0 Å². The van der Waals surface area contributed by atoms with Crippen LogP contribution in [0.15, 0.2) is 58.1 Å². The van der Waals surface area contributed by atoms with E-state index >= 15 is 0 Å². The van der Waals surface area contributed by atoms with Crippen LogP contribution in [0, 0.1) is 0 Å². The number of hydrogen-bond donors (Lipinski definition) is 2. The third kappa shape index (κ3) is 2.61. The Kier molecular flexibility index (Phi) is 3.66. The van der Waals surface area contributed by atoms with E-state index in [1.165, 1.54) is 4.68 Å². The van der Waals surface area contributed by atoms with E-state index in [1.807, 2.05) is 24.3 Å². The summed E-state index contributed by atoms with van der Waals surface area (Å²) < 4.78 is 7.12. The molecule has 0 aliphatic carbocycles. The highest BCUT2D eigenvalue weighted by Crippen LogP contribution is 2.23. The first kappa shape index (κ1) is 14.7. The molecule has 1 aliphatic rings. The fourth-order valence-corrected chi connectivity index (χ4v) is 3.00. The Balaban J connectivity index is 1.55. The van der Waals surface area contributed by atoms with Gasteiger partial charge in [-0.2, -0.15) is 0 Å². The van der Waals surface area contributed by atoms with Crippen molar-refractivity contribution < 1.29 is 4.74 Å². The minimum absolute atomic E-state index is 0.193. The van der Waals surface area contributed by atoms with Crippen molar-refractivity contribution in [2.75, 3.05) is 5.32 Å². The quantitative estimate of drug-likeness (QED) is 0.773. The van der Waals surface area contributed by atoms with E-state index in [0.29, 0.717) is 30.3 Å². The molecule has 6 nitrogen and oxygen atoms in total. The molecule has 0 saturated carbocycles. The SMILES string of the molecule is O=c1[nH]n(CC[C@H]2Nc3ccccc3CO2)c(=O)c2ccccc12. The normalized spacial score (nSPS) is 16.6. The van der Waals surface area contributed by atoms with Crippen LogP contribution in [0.1, 0.15) is 12.0 Å². The van der Waals surface area contributed by atoms with Crippen molar-refractivity contribution in [2.45, 2.75) is 25.8 Å². The molecule has 24 heavy (non-hydrogen) atoms. The van der Waals surface area contributed by atoms with Crippen molar-refractivity contribution in [3.8, 4) is 0 Å². The Hall–Kier alpha value is -2.86. The van der Waals surface area contributed by atoms with Crippen molar-refractivity contribution in [3.63, 3.8) is 0 Å². The second-order valence-corrected chi connectivity index (χ2v) is 5.83. The number of benzene rings is 2. The zero-order valence-corrected chi connectivity index (χ0v) is 13.0. The van der Waals surface area contributed by atoms with Crippen molar-refractivity contribution >= 4 is 16.5 Å². The third-order valence-electron chi connectivity index (χ3n) is 4.27. The minimum atomic E-state index is -0.256. The van der Waals surface area contributed by atoms with Crippen LogP contribution in [-0.2, 0) is 17.9 Å². The minimum Gasteiger partial charge on any atom is -0.360 e. The lowest BCUT2D eigenvalue weighted by atomic mass is 10.1. The zero-order valence-electron chi connectivity index (χ0n) is 13.0. The summed E-state index contributed by atoms with van der Waals surface area (Å²) in [6, 6.07) is 14.8. The molecule has 3 aromatic rings. The molecule has 0 saturated heterocycles. The van der Waals surface area contributed by atoms with Crippen LogP contribution < -0.4 is 16.4 Å². The number of nitrogens with one attached hydrogen (secondary N) is 2. The molecule has 0 spiro atoms. The smallest absolute Gasteiger partial charge is 0.273 e. The van der Waals surface area contributed by atoms with Gasteiger partial charge in [0.25, 0.3) is 11.1 Å². The van der Waals surface area contributed by atoms with E-state index in [1.54, 1.807) is 24.3 Å². The Morgan fingerprint density at radius 1 is 1.04 bits per heavy atom. The molecular formula is C18H17N3O3. The third-order valence-corrected chi connectivity index (χ3v) is 4.27. The lowest BCUT2D eigenvalue weighted by Gasteiger charge is -2.27. The Labute approximate surface area is 137 Å². The second-order valence-electron chi connectivity index (χ2n) is 5.83. The summed E-state index contributed by atoms with van der Waals surface area (Å²) in [5, 5.41) is 6.80. The summed E-state index contributed by atoms with van der Waals surface area (Å²) in [7, 11) is 0. The Morgan fingerprint density at radius 2 is 1.79 bits per heavy atom. The number of para-hydroxylation sites is 1. The molecule has 0 radical (unpaired) electrons. The number of aromatic amines is 1. The number of fused-ring (bicyclic) bond motifs is 2. The van der Waals surface area contributed by atoms with Gasteiger partial charge in [-0.25, -0.2) is 4.68 Å². The van der Waals surface area contributed by atoms with Crippen LogP contribution in [-0.4, -0.2) is 16.0 Å². The molecule has 0 unspecified atom stereocenters. The fraction of sp³-hybridized carbons (Fsp3) is 0.222. The van der Waals surface area contributed by atoms with Crippen LogP contribution >= 0.6 is 0 Å². The second kappa shape index (κ2) is 5.98. The zero-order chi connectivity index (χ0) is 16.5. The Bertz CT molecular complexity index is 1010. The van der Waals surface area contributed by atoms with Crippen molar-refractivity contribution in [3.05, 3.63) is 74.8 Å². The first-order chi connectivity index (χ1) is 11.7. The molecule has 2 aromatic carbocycles. The molecule has 0 amide bonds. The van der Waals surface area contributed by atoms with E-state index in [-0.39, 0.29) is 17.3 Å². The van der Waals surface area contributed by atoms with Crippen LogP contribution in [0.2, 0.25) is 0 Å². The standard InChI is InChI=1S/C18H17N3O3/c22-17-13-6-2-3-7-14(13)18(23)21(20-17)10-9-16-19-15-8-4-1-5-12(15)11-24-16/h1-8,16,19H,9-11H2,(H,20,22)/t16-/m0/s1. The predicted molar refractivity (Wildman–Crippen MR) is 92.1 cm³/mol. The van der Waals surface area contributed by atoms with Gasteiger partial charge < -0.3 is 10.1 Å². The maximum absolute atomic E-state index is 12.5. The summed E-state index contributed by atoms with van der Waals surface area (Å²) in [6.45, 7) is 0.912. The van der Waals surface area contributed by atoms with Crippen LogP contribution in [0.3, 0.4) is 0 Å². The van der Waals surface area contributed by atoms with Gasteiger partial charge in [-0.3, -0.25) is 14.7 Å². The van der Waals surface area contributed by atoms with Crippen molar-refractivity contribution in [2.24, 2.45) is 0 Å². The summed E-state index contributed by atoms with van der Waals surface area (Å²) in [5.41, 5.74) is 1.72. The van der Waals surface area contributed by atoms with Crippen LogP contribution in [0.4, 0.5) is 5.69 Å². The van der Waals surface area contributed by atoms with Gasteiger partial charge in [0.1, 0.15) is 6.23 Å². The molecule has 122 valence electrons. The fourth-order valence-electron chi connectivity index (χ4n) is 3.00. The highest BCUT2D eigenvalue weighted by atomic mass is 16.5. The largest absolute Gasteiger partial charge is 0.360 e. The number of ether oxygens (including phenoxy) is 1. The van der Waals surface area contributed by atoms with Gasteiger partial charge in [0.05, 0.1) is 17.4 Å². The summed E-state index contributed by atoms with van der Waals surface area (Å²) in [5.74, 6) is 0. The summed E-state index contributed by atoms with van der Waals surface area (Å²) in [6.07, 6.45) is 0.379. The molecule has 2 heterocycles. The van der Waals surface area contributed by atoms with E-state index in [0.717, 1.165) is 11.3 Å². The molecule has 1 aliphatic heterocycles. The monoisotopic (exact) mass is 323 g/mol. The summed E-state index contributed by atoms with van der Waals surface area (Å²) >= 11 is 0. The molecule has 0 fully saturated rings. The Morgan fingerprint density at radius 3 is 2.67 bits per heavy atom. The topological polar surface area (TPSA) is 76.1 Å². The number of H-pyrrole nitrogens is 1. The number of aromatic nitrogens is 2. The first-order valence-electron chi connectivity index (χ1n) is 7.90. The molecule has 6 heteroatoms. The maximum Gasteiger partial charge on any atom is 0.273 e. The number of aryl methyl sites for hydroxylation is 1. The molecule has 2 N–H and O–H groups in total. The van der Waals surface area contributed by atoms with Crippen LogP contribution in [0.5, 0.6) is 0 Å². The van der Waals surface area contributed by atoms with E-state index in [9.17, 15) is 9.59 Å². The van der Waals surface area contributed by atoms with Gasteiger partial charge in [-0.05, 0) is 18.2 Å². The summed E-state index contributed by atoms with van der Waals surface area (Å²) in [4.78, 5) is 24.6. The van der Waals surface area contributed by atoms with Crippen LogP contribution in [0.25, 0.3) is 10.8 Å². The van der Waals surface area contributed by atoms with Gasteiger partial charge >= 0.3 is 0 Å². The van der Waals surface area contributed by atoms with Crippen molar-refractivity contribution in [1.29, 1.82) is 0 Å². The van der Waals surface area contributed by atoms with E-state index in [2.05, 4.69) is 10.4 Å². The van der Waals surface area contributed by atoms with E-state index in [4.69, 9.17) is 4.74 Å². The molecule has 1 atom stereocenters. The highest BCUT2D eigenvalue weighted by molar-refractivity contribution is 5.80. The maximum atomic E-state index is 12.5. The lowest BCUT2D eigenvalue weighted by Crippen LogP contribution is -2.34. The lowest BCUT2D eigenvalue weighted by molar-refractivity contribution is 0.0423. The van der Waals surface area contributed by atoms with E-state index < -0.39 is 0 Å². The molecule has 1 aromatic heterocycles. The van der Waals surface area contributed by atoms with Gasteiger partial charge in [-0.1, -0.05) is 30.3 Å². The molecular weight excluding hydrogens is 306 g/mol. The molecule has 4 rings (SSSR count). The van der Waals surface area contributed by atoms with Crippen molar-refractivity contribution in [1.82, 2.24) is 9.78 Å². The number of rotatable bonds is 3. The predicted octanol–water partition coefficient (Wildman–Crippen LogP) is 2.05. The van der Waals surface area contributed by atoms with Gasteiger partial charge in [0.15, 0.2) is 0 Å². The molecule has 0 bridgehead atoms. The highest BCUT2D eigenvalue weighted by Gasteiger charge is 2.18. The number of hydrogen-bond acceptors (Lipinski definition) is 4. The first-order valence-corrected chi connectivity index (χ1v) is 7.90. The van der Waals surface area contributed by atoms with Gasteiger partial charge in [-0.15, -0.1) is 0 Å². The number of nitrogens with zero attached hydrogens (tertiary/aromatic N) is 1. The van der Waals surface area contributed by atoms with Gasteiger partial charge in [0, 0.05) is 24.2 Å². The average Bonchev–Trinajstić information content (AvgIpc) is 2.63.